The summed E-state index contributed by atoms with van der Waals surface area (Å²) in [7, 11) is 0. The summed E-state index contributed by atoms with van der Waals surface area (Å²) in [6.45, 7) is 0.443. The van der Waals surface area contributed by atoms with Crippen LogP contribution in [0.5, 0.6) is 0 Å². The molecule has 0 spiro atoms. The molecule has 27 heavy (non-hydrogen) atoms. The maximum Gasteiger partial charge on any atom is 0.251 e. The highest BCUT2D eigenvalue weighted by molar-refractivity contribution is 5.94. The Labute approximate surface area is 159 Å². The van der Waals surface area contributed by atoms with E-state index >= 15 is 0 Å². The minimum absolute atomic E-state index is 0.0138. The summed E-state index contributed by atoms with van der Waals surface area (Å²) >= 11 is 0. The second-order valence-corrected chi connectivity index (χ2v) is 7.43. The van der Waals surface area contributed by atoms with Crippen molar-refractivity contribution in [3.8, 4) is 0 Å². The van der Waals surface area contributed by atoms with Crippen LogP contribution in [0.4, 0.5) is 0 Å². The summed E-state index contributed by atoms with van der Waals surface area (Å²) < 4.78 is 5.96. The first-order valence-corrected chi connectivity index (χ1v) is 9.92. The van der Waals surface area contributed by atoms with E-state index in [1.54, 1.807) is 24.5 Å². The lowest BCUT2D eigenvalue weighted by Gasteiger charge is -2.36. The SMILES string of the molecule is O=C(N[C@H]1CC[C@H](CCNC(=O)C2CCCC2)O[C@H]1CO)c1ccncc1. The third-order valence-electron chi connectivity index (χ3n) is 5.55. The summed E-state index contributed by atoms with van der Waals surface area (Å²) in [5.41, 5.74) is 0.540. The topological polar surface area (TPSA) is 101 Å². The zero-order valence-electron chi connectivity index (χ0n) is 15.6. The van der Waals surface area contributed by atoms with Gasteiger partial charge in [-0.3, -0.25) is 14.6 Å². The van der Waals surface area contributed by atoms with Gasteiger partial charge in [0.2, 0.25) is 5.91 Å². The van der Waals surface area contributed by atoms with Gasteiger partial charge >= 0.3 is 0 Å². The monoisotopic (exact) mass is 375 g/mol. The van der Waals surface area contributed by atoms with Crippen LogP contribution in [-0.2, 0) is 9.53 Å². The van der Waals surface area contributed by atoms with Crippen molar-refractivity contribution in [2.45, 2.75) is 63.2 Å². The van der Waals surface area contributed by atoms with E-state index in [1.807, 2.05) is 0 Å². The first-order valence-electron chi connectivity index (χ1n) is 9.92. The van der Waals surface area contributed by atoms with E-state index < -0.39 is 6.10 Å². The summed E-state index contributed by atoms with van der Waals surface area (Å²) in [5, 5.41) is 15.6. The van der Waals surface area contributed by atoms with Gasteiger partial charge < -0.3 is 20.5 Å². The fraction of sp³-hybridized carbons (Fsp3) is 0.650. The number of aromatic nitrogens is 1. The van der Waals surface area contributed by atoms with E-state index in [2.05, 4.69) is 15.6 Å². The molecule has 1 saturated heterocycles. The normalized spacial score (nSPS) is 25.9. The third-order valence-corrected chi connectivity index (χ3v) is 5.55. The van der Waals surface area contributed by atoms with Crippen molar-refractivity contribution < 1.29 is 19.4 Å². The average Bonchev–Trinajstić information content (AvgIpc) is 3.24. The number of ether oxygens (including phenoxy) is 1. The molecular weight excluding hydrogens is 346 g/mol. The summed E-state index contributed by atoms with van der Waals surface area (Å²) in [6.07, 6.45) is 9.25. The Hall–Kier alpha value is -1.99. The molecule has 3 rings (SSSR count). The van der Waals surface area contributed by atoms with Gasteiger partial charge in [-0.25, -0.2) is 0 Å². The van der Waals surface area contributed by atoms with Gasteiger partial charge in [-0.15, -0.1) is 0 Å². The number of nitrogens with zero attached hydrogens (tertiary/aromatic N) is 1. The molecule has 1 aromatic heterocycles. The largest absolute Gasteiger partial charge is 0.394 e. The molecule has 2 aliphatic rings. The Morgan fingerprint density at radius 2 is 1.89 bits per heavy atom. The van der Waals surface area contributed by atoms with Crippen LogP contribution in [0.2, 0.25) is 0 Å². The van der Waals surface area contributed by atoms with Gasteiger partial charge in [0.1, 0.15) is 6.10 Å². The van der Waals surface area contributed by atoms with Crippen molar-refractivity contribution in [2.75, 3.05) is 13.2 Å². The molecule has 7 nitrogen and oxygen atoms in total. The van der Waals surface area contributed by atoms with Crippen molar-refractivity contribution in [3.05, 3.63) is 30.1 Å². The maximum atomic E-state index is 12.3. The number of amides is 2. The number of hydrogen-bond donors (Lipinski definition) is 3. The van der Waals surface area contributed by atoms with Crippen LogP contribution in [0.15, 0.2) is 24.5 Å². The number of hydrogen-bond acceptors (Lipinski definition) is 5. The molecule has 1 aliphatic heterocycles. The van der Waals surface area contributed by atoms with Gasteiger partial charge in [0, 0.05) is 30.4 Å². The van der Waals surface area contributed by atoms with Crippen LogP contribution in [0.1, 0.15) is 55.3 Å². The van der Waals surface area contributed by atoms with E-state index in [9.17, 15) is 14.7 Å². The molecule has 1 aliphatic carbocycles. The maximum absolute atomic E-state index is 12.3. The van der Waals surface area contributed by atoms with E-state index in [1.165, 1.54) is 0 Å². The number of rotatable bonds is 7. The predicted molar refractivity (Wildman–Crippen MR) is 100 cm³/mol. The molecule has 0 aromatic carbocycles. The lowest BCUT2D eigenvalue weighted by molar-refractivity contribution is -0.125. The van der Waals surface area contributed by atoms with Gasteiger partial charge in [-0.2, -0.15) is 0 Å². The van der Waals surface area contributed by atoms with Crippen molar-refractivity contribution in [2.24, 2.45) is 5.92 Å². The van der Waals surface area contributed by atoms with Crippen molar-refractivity contribution in [1.82, 2.24) is 15.6 Å². The van der Waals surface area contributed by atoms with E-state index in [-0.39, 0.29) is 36.5 Å². The van der Waals surface area contributed by atoms with Gasteiger partial charge in [-0.05, 0) is 44.2 Å². The second kappa shape index (κ2) is 9.80. The molecule has 3 atom stereocenters. The van der Waals surface area contributed by atoms with Crippen LogP contribution >= 0.6 is 0 Å². The smallest absolute Gasteiger partial charge is 0.251 e. The van der Waals surface area contributed by atoms with Gasteiger partial charge in [0.05, 0.1) is 18.8 Å². The van der Waals surface area contributed by atoms with Gasteiger partial charge in [-0.1, -0.05) is 12.8 Å². The van der Waals surface area contributed by atoms with Crippen LogP contribution in [0, 0.1) is 5.92 Å². The molecule has 0 unspecified atom stereocenters. The molecule has 2 amide bonds. The molecule has 2 fully saturated rings. The number of carbonyl (C=O) groups excluding carboxylic acids is 2. The van der Waals surface area contributed by atoms with Crippen molar-refractivity contribution in [3.63, 3.8) is 0 Å². The van der Waals surface area contributed by atoms with E-state index in [4.69, 9.17) is 4.74 Å². The molecule has 2 heterocycles. The number of pyridine rings is 1. The fourth-order valence-electron chi connectivity index (χ4n) is 3.95. The molecular formula is C20H29N3O4. The van der Waals surface area contributed by atoms with Crippen LogP contribution < -0.4 is 10.6 Å². The minimum atomic E-state index is -0.430. The molecule has 7 heteroatoms. The highest BCUT2D eigenvalue weighted by Crippen LogP contribution is 2.25. The van der Waals surface area contributed by atoms with E-state index in [0.29, 0.717) is 12.1 Å². The highest BCUT2D eigenvalue weighted by atomic mass is 16.5. The minimum Gasteiger partial charge on any atom is -0.394 e. The summed E-state index contributed by atoms with van der Waals surface area (Å²) in [4.78, 5) is 28.3. The number of aliphatic hydroxyl groups is 1. The number of nitrogens with one attached hydrogen (secondary N) is 2. The first kappa shape index (κ1) is 19.8. The molecule has 1 aromatic rings. The fourth-order valence-corrected chi connectivity index (χ4v) is 3.95. The molecule has 1 saturated carbocycles. The highest BCUT2D eigenvalue weighted by Gasteiger charge is 2.32. The lowest BCUT2D eigenvalue weighted by Crippen LogP contribution is -2.51. The molecule has 3 N–H and O–H groups in total. The number of aliphatic hydroxyl groups excluding tert-OH is 1. The van der Waals surface area contributed by atoms with Gasteiger partial charge in [0.25, 0.3) is 5.91 Å². The van der Waals surface area contributed by atoms with Gasteiger partial charge in [0.15, 0.2) is 0 Å². The van der Waals surface area contributed by atoms with Crippen molar-refractivity contribution in [1.29, 1.82) is 0 Å². The van der Waals surface area contributed by atoms with Crippen molar-refractivity contribution >= 4 is 11.8 Å². The van der Waals surface area contributed by atoms with Crippen LogP contribution in [0.3, 0.4) is 0 Å². The van der Waals surface area contributed by atoms with Crippen LogP contribution in [0.25, 0.3) is 0 Å². The standard InChI is InChI=1S/C20H29N3O4/c24-13-18-17(23-20(26)15-7-10-21-11-8-15)6-5-16(27-18)9-12-22-19(25)14-3-1-2-4-14/h7-8,10-11,14,16-18,24H,1-6,9,12-13H2,(H,22,25)(H,23,26)/t16-,17+,18+/m1/s1. The van der Waals surface area contributed by atoms with Crippen LogP contribution in [-0.4, -0.2) is 53.3 Å². The zero-order chi connectivity index (χ0) is 19.1. The summed E-state index contributed by atoms with van der Waals surface area (Å²) in [5.74, 6) is 0.145. The quantitative estimate of drug-likeness (QED) is 0.669. The second-order valence-electron chi connectivity index (χ2n) is 7.43. The molecule has 0 bridgehead atoms. The Kier molecular flexibility index (Phi) is 7.18. The Morgan fingerprint density at radius 3 is 2.59 bits per heavy atom. The Bertz CT molecular complexity index is 619. The summed E-state index contributed by atoms with van der Waals surface area (Å²) in [6, 6.07) is 3.09. The number of carbonyl (C=O) groups is 2. The molecule has 148 valence electrons. The average molecular weight is 375 g/mol. The first-order chi connectivity index (χ1) is 13.2. The third kappa shape index (κ3) is 5.49. The molecule has 0 radical (unpaired) electrons. The van der Waals surface area contributed by atoms with E-state index in [0.717, 1.165) is 44.9 Å². The predicted octanol–water partition coefficient (Wildman–Crippen LogP) is 1.42. The Balaban J connectivity index is 1.42. The zero-order valence-corrected chi connectivity index (χ0v) is 15.6. The Morgan fingerprint density at radius 1 is 1.15 bits per heavy atom. The lowest BCUT2D eigenvalue weighted by atomic mass is 9.96.